The van der Waals surface area contributed by atoms with Gasteiger partial charge in [0.1, 0.15) is 11.4 Å². The number of nitriles is 1. The number of nitrogens with two attached hydrogens (primary N) is 1. The van der Waals surface area contributed by atoms with Crippen LogP contribution in [0.15, 0.2) is 24.3 Å². The Kier molecular flexibility index (Phi) is 5.11. The zero-order chi connectivity index (χ0) is 13.6. The van der Waals surface area contributed by atoms with E-state index in [-0.39, 0.29) is 5.82 Å². The largest absolute Gasteiger partial charge is 0.375 e. The summed E-state index contributed by atoms with van der Waals surface area (Å²) in [5.74, 6) is -0.222. The molecule has 0 aliphatic heterocycles. The van der Waals surface area contributed by atoms with Gasteiger partial charge < -0.3 is 10.6 Å². The maximum atomic E-state index is 12.8. The molecule has 0 heterocycles. The van der Waals surface area contributed by atoms with Crippen LogP contribution in [0, 0.1) is 17.1 Å². The van der Waals surface area contributed by atoms with Crippen molar-refractivity contribution in [2.75, 3.05) is 18.5 Å². The molecule has 2 N–H and O–H groups in total. The van der Waals surface area contributed by atoms with Crippen molar-refractivity contribution >= 4 is 5.69 Å². The minimum Gasteiger partial charge on any atom is -0.375 e. The third-order valence-electron chi connectivity index (χ3n) is 2.96. The molecule has 98 valence electrons. The van der Waals surface area contributed by atoms with Gasteiger partial charge in [-0.2, -0.15) is 5.26 Å². The van der Waals surface area contributed by atoms with Crippen molar-refractivity contribution in [3.8, 4) is 6.07 Å². The highest BCUT2D eigenvalue weighted by atomic mass is 19.1. The third kappa shape index (κ3) is 4.72. The topological polar surface area (TPSA) is 53.0 Å². The quantitative estimate of drug-likeness (QED) is 0.789. The van der Waals surface area contributed by atoms with Crippen molar-refractivity contribution in [1.82, 2.24) is 0 Å². The van der Waals surface area contributed by atoms with Crippen molar-refractivity contribution in [2.24, 2.45) is 5.73 Å². The van der Waals surface area contributed by atoms with Crippen LogP contribution in [0.1, 0.15) is 26.2 Å². The molecule has 0 fully saturated rings. The predicted molar refractivity (Wildman–Crippen MR) is 71.7 cm³/mol. The smallest absolute Gasteiger partial charge is 0.123 e. The fourth-order valence-corrected chi connectivity index (χ4v) is 1.72. The predicted octanol–water partition coefficient (Wildman–Crippen LogP) is 2.67. The number of halogens is 1. The first-order valence-electron chi connectivity index (χ1n) is 6.11. The lowest BCUT2D eigenvalue weighted by molar-refractivity contribution is 0.509. The molecule has 0 amide bonds. The van der Waals surface area contributed by atoms with E-state index < -0.39 is 5.54 Å². The molecule has 0 aromatic heterocycles. The van der Waals surface area contributed by atoms with E-state index in [2.05, 4.69) is 11.0 Å². The van der Waals surface area contributed by atoms with Gasteiger partial charge in [0, 0.05) is 19.3 Å². The molecule has 0 saturated heterocycles. The normalized spacial score (nSPS) is 13.7. The van der Waals surface area contributed by atoms with Crippen LogP contribution in [0.3, 0.4) is 0 Å². The highest BCUT2D eigenvalue weighted by Gasteiger charge is 2.16. The molecule has 0 saturated carbocycles. The molecule has 0 aliphatic rings. The van der Waals surface area contributed by atoms with Gasteiger partial charge in [-0.1, -0.05) is 0 Å². The zero-order valence-electron chi connectivity index (χ0n) is 11.0. The van der Waals surface area contributed by atoms with Crippen LogP contribution in [0.5, 0.6) is 0 Å². The van der Waals surface area contributed by atoms with E-state index in [4.69, 9.17) is 11.0 Å². The lowest BCUT2D eigenvalue weighted by atomic mass is 9.98. The fourth-order valence-electron chi connectivity index (χ4n) is 1.72. The Morgan fingerprint density at radius 2 is 1.94 bits per heavy atom. The summed E-state index contributed by atoms with van der Waals surface area (Å²) in [4.78, 5) is 2.07. The molecule has 0 aliphatic carbocycles. The van der Waals surface area contributed by atoms with Crippen molar-refractivity contribution in [2.45, 2.75) is 31.7 Å². The molecule has 4 heteroatoms. The molecule has 0 bridgehead atoms. The van der Waals surface area contributed by atoms with Crippen LogP contribution >= 0.6 is 0 Å². The van der Waals surface area contributed by atoms with Crippen LogP contribution in [0.2, 0.25) is 0 Å². The Balaban J connectivity index is 2.32. The van der Waals surface area contributed by atoms with E-state index in [0.717, 1.165) is 25.1 Å². The van der Waals surface area contributed by atoms with E-state index >= 15 is 0 Å². The lowest BCUT2D eigenvalue weighted by Gasteiger charge is -2.20. The highest BCUT2D eigenvalue weighted by Crippen LogP contribution is 2.15. The minimum absolute atomic E-state index is 0.222. The van der Waals surface area contributed by atoms with Crippen LogP contribution in [-0.4, -0.2) is 19.1 Å². The Morgan fingerprint density at radius 3 is 2.50 bits per heavy atom. The lowest BCUT2D eigenvalue weighted by Crippen LogP contribution is -2.34. The van der Waals surface area contributed by atoms with Gasteiger partial charge in [0.15, 0.2) is 0 Å². The van der Waals surface area contributed by atoms with Crippen molar-refractivity contribution in [3.63, 3.8) is 0 Å². The van der Waals surface area contributed by atoms with Crippen LogP contribution in [-0.2, 0) is 0 Å². The summed E-state index contributed by atoms with van der Waals surface area (Å²) in [6.45, 7) is 2.61. The average Bonchev–Trinajstić information content (AvgIpc) is 2.35. The number of rotatable bonds is 6. The second-order valence-electron chi connectivity index (χ2n) is 4.88. The van der Waals surface area contributed by atoms with Gasteiger partial charge in [0.05, 0.1) is 6.07 Å². The summed E-state index contributed by atoms with van der Waals surface area (Å²) >= 11 is 0. The van der Waals surface area contributed by atoms with E-state index in [1.807, 2.05) is 7.05 Å². The Hall–Kier alpha value is -1.60. The molecular weight excluding hydrogens is 229 g/mol. The monoisotopic (exact) mass is 249 g/mol. The van der Waals surface area contributed by atoms with E-state index in [1.54, 1.807) is 19.1 Å². The Bertz CT molecular complexity index is 406. The third-order valence-corrected chi connectivity index (χ3v) is 2.96. The summed E-state index contributed by atoms with van der Waals surface area (Å²) in [7, 11) is 1.97. The summed E-state index contributed by atoms with van der Waals surface area (Å²) in [6.07, 6.45) is 2.56. The summed E-state index contributed by atoms with van der Waals surface area (Å²) in [6, 6.07) is 8.53. The molecular formula is C14H20FN3. The van der Waals surface area contributed by atoms with Gasteiger partial charge in [-0.3, -0.25) is 0 Å². The Labute approximate surface area is 108 Å². The second-order valence-corrected chi connectivity index (χ2v) is 4.88. The van der Waals surface area contributed by atoms with Crippen molar-refractivity contribution in [3.05, 3.63) is 30.1 Å². The van der Waals surface area contributed by atoms with Gasteiger partial charge in [-0.15, -0.1) is 0 Å². The second kappa shape index (κ2) is 6.36. The van der Waals surface area contributed by atoms with Gasteiger partial charge in [0.25, 0.3) is 0 Å². The zero-order valence-corrected chi connectivity index (χ0v) is 11.0. The van der Waals surface area contributed by atoms with Gasteiger partial charge in [0.2, 0.25) is 0 Å². The van der Waals surface area contributed by atoms with Crippen LogP contribution in [0.25, 0.3) is 0 Å². The first-order valence-corrected chi connectivity index (χ1v) is 6.11. The van der Waals surface area contributed by atoms with E-state index in [0.29, 0.717) is 6.42 Å². The number of nitrogens with zero attached hydrogens (tertiary/aromatic N) is 2. The molecule has 1 unspecified atom stereocenters. The standard InChI is InChI=1S/C14H20FN3/c1-14(17,11-16)9-3-4-10-18(2)13-7-5-12(15)6-8-13/h5-8H,3-4,9-10,17H2,1-2H3. The Morgan fingerprint density at radius 1 is 1.33 bits per heavy atom. The number of unbranched alkanes of at least 4 members (excludes halogenated alkanes) is 1. The molecule has 1 rings (SSSR count). The number of hydrogen-bond acceptors (Lipinski definition) is 3. The van der Waals surface area contributed by atoms with Gasteiger partial charge in [-0.25, -0.2) is 4.39 Å². The minimum atomic E-state index is -0.728. The number of anilines is 1. The van der Waals surface area contributed by atoms with Gasteiger partial charge >= 0.3 is 0 Å². The summed E-state index contributed by atoms with van der Waals surface area (Å²) < 4.78 is 12.8. The molecule has 1 aromatic carbocycles. The maximum Gasteiger partial charge on any atom is 0.123 e. The maximum absolute atomic E-state index is 12.8. The molecule has 18 heavy (non-hydrogen) atoms. The summed E-state index contributed by atoms with van der Waals surface area (Å²) in [5.41, 5.74) is 6.01. The molecule has 0 spiro atoms. The summed E-state index contributed by atoms with van der Waals surface area (Å²) in [5, 5.41) is 8.79. The van der Waals surface area contributed by atoms with Crippen LogP contribution < -0.4 is 10.6 Å². The average molecular weight is 249 g/mol. The van der Waals surface area contributed by atoms with Gasteiger partial charge in [-0.05, 0) is 50.5 Å². The molecule has 0 radical (unpaired) electrons. The first-order chi connectivity index (χ1) is 8.44. The highest BCUT2D eigenvalue weighted by molar-refractivity contribution is 5.45. The number of hydrogen-bond donors (Lipinski definition) is 1. The van der Waals surface area contributed by atoms with E-state index in [1.165, 1.54) is 12.1 Å². The fraction of sp³-hybridized carbons (Fsp3) is 0.500. The van der Waals surface area contributed by atoms with Crippen LogP contribution in [0.4, 0.5) is 10.1 Å². The molecule has 1 atom stereocenters. The van der Waals surface area contributed by atoms with Crippen molar-refractivity contribution in [1.29, 1.82) is 5.26 Å². The van der Waals surface area contributed by atoms with E-state index in [9.17, 15) is 4.39 Å². The SMILES string of the molecule is CN(CCCCC(C)(N)C#N)c1ccc(F)cc1. The van der Waals surface area contributed by atoms with Crippen molar-refractivity contribution < 1.29 is 4.39 Å². The number of benzene rings is 1. The molecule has 3 nitrogen and oxygen atoms in total. The first kappa shape index (κ1) is 14.5. The molecule has 1 aromatic rings.